The smallest absolute Gasteiger partial charge is 0.209 e. The molecule has 1 aliphatic heterocycles. The first-order chi connectivity index (χ1) is 7.86. The number of carbonyl (C=O) groups is 1. The van der Waals surface area contributed by atoms with Crippen LogP contribution in [-0.2, 0) is 6.54 Å². The number of ketones is 1. The normalized spacial score (nSPS) is 12.8. The molecule has 2 heterocycles. The molecule has 2 nitrogen and oxygen atoms in total. The molecule has 78 valence electrons. The molecule has 0 aliphatic carbocycles. The van der Waals surface area contributed by atoms with E-state index in [-0.39, 0.29) is 5.78 Å². The summed E-state index contributed by atoms with van der Waals surface area (Å²) in [6.07, 6.45) is 4.11. The van der Waals surface area contributed by atoms with Crippen molar-refractivity contribution in [3.63, 3.8) is 0 Å². The molecule has 2 aromatic rings. The van der Waals surface area contributed by atoms with Crippen molar-refractivity contribution < 1.29 is 4.79 Å². The van der Waals surface area contributed by atoms with Gasteiger partial charge in [0, 0.05) is 17.8 Å². The summed E-state index contributed by atoms with van der Waals surface area (Å²) >= 11 is 0. The minimum Gasteiger partial charge on any atom is -0.334 e. The Hall–Kier alpha value is -2.09. The predicted octanol–water partition coefficient (Wildman–Crippen LogP) is 2.75. The van der Waals surface area contributed by atoms with E-state index in [1.165, 1.54) is 0 Å². The van der Waals surface area contributed by atoms with Gasteiger partial charge in [-0.05, 0) is 18.2 Å². The van der Waals surface area contributed by atoms with Crippen molar-refractivity contribution in [2.24, 2.45) is 0 Å². The Morgan fingerprint density at radius 1 is 1.06 bits per heavy atom. The fourth-order valence-electron chi connectivity index (χ4n) is 2.05. The van der Waals surface area contributed by atoms with Crippen LogP contribution < -0.4 is 0 Å². The lowest BCUT2D eigenvalue weighted by molar-refractivity contribution is 0.103. The van der Waals surface area contributed by atoms with Gasteiger partial charge < -0.3 is 4.57 Å². The van der Waals surface area contributed by atoms with E-state index in [4.69, 9.17) is 0 Å². The third-order valence-electron chi connectivity index (χ3n) is 2.86. The first kappa shape index (κ1) is 9.16. The molecule has 16 heavy (non-hydrogen) atoms. The van der Waals surface area contributed by atoms with E-state index in [1.54, 1.807) is 0 Å². The van der Waals surface area contributed by atoms with Crippen molar-refractivity contribution in [2.45, 2.75) is 6.54 Å². The van der Waals surface area contributed by atoms with Crippen LogP contribution in [-0.4, -0.2) is 10.4 Å². The number of aromatic nitrogens is 1. The standard InChI is InChI=1S/C14H11NO/c16-14(11-5-2-1-3-6-11)13-9-8-12-7-4-10-15(12)13/h1-9H,10H2. The molecule has 1 aliphatic rings. The summed E-state index contributed by atoms with van der Waals surface area (Å²) in [6.45, 7) is 0.802. The Balaban J connectivity index is 2.03. The van der Waals surface area contributed by atoms with Gasteiger partial charge in [0.05, 0.1) is 5.69 Å². The third-order valence-corrected chi connectivity index (χ3v) is 2.86. The molecular weight excluding hydrogens is 198 g/mol. The number of rotatable bonds is 2. The van der Waals surface area contributed by atoms with E-state index < -0.39 is 0 Å². The highest BCUT2D eigenvalue weighted by atomic mass is 16.1. The highest BCUT2D eigenvalue weighted by molar-refractivity contribution is 6.08. The SMILES string of the molecule is O=C(c1ccccc1)c1ccc2n1CC=C2. The zero-order chi connectivity index (χ0) is 11.0. The molecule has 0 N–H and O–H groups in total. The Morgan fingerprint density at radius 3 is 2.69 bits per heavy atom. The number of fused-ring (bicyclic) bond motifs is 1. The summed E-state index contributed by atoms with van der Waals surface area (Å²) in [6, 6.07) is 13.3. The Morgan fingerprint density at radius 2 is 1.88 bits per heavy atom. The molecule has 0 spiro atoms. The van der Waals surface area contributed by atoms with Crippen LogP contribution in [0.3, 0.4) is 0 Å². The molecule has 1 aromatic heterocycles. The average molecular weight is 209 g/mol. The second kappa shape index (κ2) is 3.49. The molecule has 0 unspecified atom stereocenters. The van der Waals surface area contributed by atoms with Gasteiger partial charge in [0.2, 0.25) is 5.78 Å². The lowest BCUT2D eigenvalue weighted by Gasteiger charge is -2.04. The van der Waals surface area contributed by atoms with Crippen molar-refractivity contribution in [1.82, 2.24) is 4.57 Å². The highest BCUT2D eigenvalue weighted by Gasteiger charge is 2.16. The first-order valence-corrected chi connectivity index (χ1v) is 5.32. The van der Waals surface area contributed by atoms with E-state index in [1.807, 2.05) is 53.1 Å². The van der Waals surface area contributed by atoms with Crippen molar-refractivity contribution in [3.8, 4) is 0 Å². The Bertz CT molecular complexity index is 564. The molecule has 1 aromatic carbocycles. The number of hydrogen-bond donors (Lipinski definition) is 0. The predicted molar refractivity (Wildman–Crippen MR) is 63.3 cm³/mol. The van der Waals surface area contributed by atoms with Crippen molar-refractivity contribution >= 4 is 11.9 Å². The topological polar surface area (TPSA) is 22.0 Å². The maximum Gasteiger partial charge on any atom is 0.209 e. The third kappa shape index (κ3) is 1.31. The Labute approximate surface area is 93.8 Å². The van der Waals surface area contributed by atoms with Crippen LogP contribution in [0.25, 0.3) is 6.08 Å². The van der Waals surface area contributed by atoms with E-state index in [0.29, 0.717) is 0 Å². The monoisotopic (exact) mass is 209 g/mol. The average Bonchev–Trinajstić information content (AvgIpc) is 2.91. The van der Waals surface area contributed by atoms with Crippen LogP contribution in [0.1, 0.15) is 21.7 Å². The summed E-state index contributed by atoms with van der Waals surface area (Å²) < 4.78 is 2.04. The fourth-order valence-corrected chi connectivity index (χ4v) is 2.05. The van der Waals surface area contributed by atoms with E-state index >= 15 is 0 Å². The van der Waals surface area contributed by atoms with Gasteiger partial charge in [-0.3, -0.25) is 4.79 Å². The van der Waals surface area contributed by atoms with Gasteiger partial charge in [-0.25, -0.2) is 0 Å². The van der Waals surface area contributed by atoms with Crippen LogP contribution >= 0.6 is 0 Å². The number of nitrogens with zero attached hydrogens (tertiary/aromatic N) is 1. The second-order valence-corrected chi connectivity index (χ2v) is 3.85. The van der Waals surface area contributed by atoms with Crippen LogP contribution in [0.5, 0.6) is 0 Å². The molecule has 0 fully saturated rings. The lowest BCUT2D eigenvalue weighted by atomic mass is 10.1. The summed E-state index contributed by atoms with van der Waals surface area (Å²) in [5.74, 6) is 0.0931. The van der Waals surface area contributed by atoms with Crippen LogP contribution in [0.4, 0.5) is 0 Å². The minimum atomic E-state index is 0.0931. The summed E-state index contributed by atoms with van der Waals surface area (Å²) in [5.41, 5.74) is 2.63. The van der Waals surface area contributed by atoms with Gasteiger partial charge in [0.25, 0.3) is 0 Å². The van der Waals surface area contributed by atoms with Gasteiger partial charge in [0.15, 0.2) is 0 Å². The van der Waals surface area contributed by atoms with Crippen molar-refractivity contribution in [1.29, 1.82) is 0 Å². The Kier molecular flexibility index (Phi) is 2.00. The molecule has 0 saturated heterocycles. The summed E-state index contributed by atoms with van der Waals surface area (Å²) in [4.78, 5) is 12.2. The van der Waals surface area contributed by atoms with Crippen LogP contribution in [0, 0.1) is 0 Å². The fraction of sp³-hybridized carbons (Fsp3) is 0.0714. The molecule has 2 heteroatoms. The number of carbonyl (C=O) groups excluding carboxylic acids is 1. The quantitative estimate of drug-likeness (QED) is 0.697. The van der Waals surface area contributed by atoms with E-state index in [2.05, 4.69) is 6.08 Å². The van der Waals surface area contributed by atoms with Crippen LogP contribution in [0.2, 0.25) is 0 Å². The molecule has 0 atom stereocenters. The van der Waals surface area contributed by atoms with Gasteiger partial charge in [-0.15, -0.1) is 0 Å². The molecular formula is C14H11NO. The van der Waals surface area contributed by atoms with E-state index in [0.717, 1.165) is 23.5 Å². The maximum atomic E-state index is 12.2. The molecule has 3 rings (SSSR count). The van der Waals surface area contributed by atoms with E-state index in [9.17, 15) is 4.79 Å². The number of benzene rings is 1. The molecule has 0 amide bonds. The molecule has 0 radical (unpaired) electrons. The molecule has 0 saturated carbocycles. The van der Waals surface area contributed by atoms with Crippen molar-refractivity contribution in [3.05, 3.63) is 65.5 Å². The second-order valence-electron chi connectivity index (χ2n) is 3.85. The van der Waals surface area contributed by atoms with Gasteiger partial charge in [-0.1, -0.05) is 36.4 Å². The highest BCUT2D eigenvalue weighted by Crippen LogP contribution is 2.19. The maximum absolute atomic E-state index is 12.2. The summed E-state index contributed by atoms with van der Waals surface area (Å²) in [5, 5.41) is 0. The van der Waals surface area contributed by atoms with Crippen molar-refractivity contribution in [2.75, 3.05) is 0 Å². The van der Waals surface area contributed by atoms with Gasteiger partial charge in [0.1, 0.15) is 0 Å². The molecule has 0 bridgehead atoms. The zero-order valence-corrected chi connectivity index (χ0v) is 8.76. The lowest BCUT2D eigenvalue weighted by Crippen LogP contribution is -2.08. The van der Waals surface area contributed by atoms with Crippen LogP contribution in [0.15, 0.2) is 48.5 Å². The minimum absolute atomic E-state index is 0.0931. The largest absolute Gasteiger partial charge is 0.334 e. The van der Waals surface area contributed by atoms with Gasteiger partial charge >= 0.3 is 0 Å². The van der Waals surface area contributed by atoms with Gasteiger partial charge in [-0.2, -0.15) is 0 Å². The zero-order valence-electron chi connectivity index (χ0n) is 8.76. The first-order valence-electron chi connectivity index (χ1n) is 5.32. The number of allylic oxidation sites excluding steroid dienone is 1. The summed E-state index contributed by atoms with van der Waals surface area (Å²) in [7, 11) is 0. The number of hydrogen-bond acceptors (Lipinski definition) is 1.